The van der Waals surface area contributed by atoms with E-state index >= 15 is 0 Å². The Labute approximate surface area is 89.5 Å². The van der Waals surface area contributed by atoms with E-state index in [2.05, 4.69) is 5.32 Å². The molecule has 0 bridgehead atoms. The molecule has 0 aliphatic rings. The lowest BCUT2D eigenvalue weighted by Gasteiger charge is -2.22. The highest BCUT2D eigenvalue weighted by molar-refractivity contribution is 5.23. The molecule has 0 aromatic heterocycles. The van der Waals surface area contributed by atoms with E-state index in [4.69, 9.17) is 0 Å². The van der Waals surface area contributed by atoms with Crippen molar-refractivity contribution in [2.45, 2.75) is 32.2 Å². The van der Waals surface area contributed by atoms with Crippen molar-refractivity contribution < 1.29 is 8.78 Å². The molecule has 0 aliphatic carbocycles. The first kappa shape index (κ1) is 12.1. The normalized spacial score (nSPS) is 15.0. The van der Waals surface area contributed by atoms with E-state index in [1.807, 2.05) is 20.9 Å². The van der Waals surface area contributed by atoms with Crippen LogP contribution in [0.3, 0.4) is 0 Å². The van der Waals surface area contributed by atoms with Gasteiger partial charge in [0, 0.05) is 6.04 Å². The molecule has 1 aromatic carbocycles. The van der Waals surface area contributed by atoms with Crippen molar-refractivity contribution in [3.05, 3.63) is 35.4 Å². The summed E-state index contributed by atoms with van der Waals surface area (Å²) in [6.07, 6.45) is 0.883. The molecule has 1 nitrogen and oxygen atoms in total. The van der Waals surface area contributed by atoms with Crippen LogP contribution in [0.2, 0.25) is 0 Å². The van der Waals surface area contributed by atoms with Gasteiger partial charge in [0.15, 0.2) is 0 Å². The number of likely N-dealkylation sites (N-methyl/N-ethyl adjacent to an activating group) is 1. The second-order valence-corrected chi connectivity index (χ2v) is 3.76. The van der Waals surface area contributed by atoms with Crippen LogP contribution in [0.1, 0.15) is 31.7 Å². The second kappa shape index (κ2) is 5.21. The molecule has 1 N–H and O–H groups in total. The van der Waals surface area contributed by atoms with Gasteiger partial charge >= 0.3 is 0 Å². The fourth-order valence-corrected chi connectivity index (χ4v) is 1.89. The van der Waals surface area contributed by atoms with Crippen molar-refractivity contribution >= 4 is 0 Å². The molecule has 0 spiro atoms. The van der Waals surface area contributed by atoms with Gasteiger partial charge in [0.2, 0.25) is 0 Å². The monoisotopic (exact) mass is 213 g/mol. The molecule has 15 heavy (non-hydrogen) atoms. The Balaban J connectivity index is 2.98. The summed E-state index contributed by atoms with van der Waals surface area (Å²) in [5.41, 5.74) is 0.441. The van der Waals surface area contributed by atoms with Gasteiger partial charge in [-0.1, -0.05) is 13.8 Å². The fourth-order valence-electron chi connectivity index (χ4n) is 1.89. The summed E-state index contributed by atoms with van der Waals surface area (Å²) >= 11 is 0. The van der Waals surface area contributed by atoms with Crippen molar-refractivity contribution in [1.29, 1.82) is 0 Å². The van der Waals surface area contributed by atoms with Crippen molar-refractivity contribution in [1.82, 2.24) is 5.32 Å². The highest BCUT2D eigenvalue weighted by Gasteiger charge is 2.19. The van der Waals surface area contributed by atoms with Crippen LogP contribution < -0.4 is 5.32 Å². The Morgan fingerprint density at radius 1 is 1.33 bits per heavy atom. The molecular formula is C12H17F2N. The SMILES string of the molecule is CCC(NC)C(C)c1cc(F)ccc1F. The van der Waals surface area contributed by atoms with Gasteiger partial charge in [-0.15, -0.1) is 0 Å². The van der Waals surface area contributed by atoms with Gasteiger partial charge in [-0.3, -0.25) is 0 Å². The van der Waals surface area contributed by atoms with E-state index in [9.17, 15) is 8.78 Å². The highest BCUT2D eigenvalue weighted by Crippen LogP contribution is 2.24. The molecule has 0 fully saturated rings. The van der Waals surface area contributed by atoms with Gasteiger partial charge in [-0.05, 0) is 43.1 Å². The highest BCUT2D eigenvalue weighted by atomic mass is 19.1. The average Bonchev–Trinajstić information content (AvgIpc) is 2.23. The van der Waals surface area contributed by atoms with Crippen LogP contribution in [0.4, 0.5) is 8.78 Å². The smallest absolute Gasteiger partial charge is 0.126 e. The Morgan fingerprint density at radius 3 is 2.53 bits per heavy atom. The van der Waals surface area contributed by atoms with E-state index in [1.54, 1.807) is 0 Å². The van der Waals surface area contributed by atoms with Gasteiger partial charge in [-0.25, -0.2) is 8.78 Å². The van der Waals surface area contributed by atoms with E-state index in [1.165, 1.54) is 12.1 Å². The van der Waals surface area contributed by atoms with E-state index in [0.717, 1.165) is 12.5 Å². The van der Waals surface area contributed by atoms with Crippen molar-refractivity contribution in [2.24, 2.45) is 0 Å². The molecule has 0 amide bonds. The predicted octanol–water partition coefficient (Wildman–Crippen LogP) is 3.07. The number of hydrogen-bond donors (Lipinski definition) is 1. The topological polar surface area (TPSA) is 12.0 Å². The molecule has 0 radical (unpaired) electrons. The largest absolute Gasteiger partial charge is 0.316 e. The summed E-state index contributed by atoms with van der Waals surface area (Å²) in [4.78, 5) is 0. The molecule has 0 saturated carbocycles. The van der Waals surface area contributed by atoms with E-state index in [-0.39, 0.29) is 23.6 Å². The summed E-state index contributed by atoms with van der Waals surface area (Å²) < 4.78 is 26.5. The van der Waals surface area contributed by atoms with Crippen LogP contribution in [0.25, 0.3) is 0 Å². The maximum absolute atomic E-state index is 13.5. The summed E-state index contributed by atoms with van der Waals surface area (Å²) in [5.74, 6) is -0.752. The summed E-state index contributed by atoms with van der Waals surface area (Å²) in [6, 6.07) is 3.77. The van der Waals surface area contributed by atoms with Crippen LogP contribution in [-0.2, 0) is 0 Å². The minimum atomic E-state index is -0.385. The third kappa shape index (κ3) is 2.75. The van der Waals surface area contributed by atoms with Crippen molar-refractivity contribution in [2.75, 3.05) is 7.05 Å². The van der Waals surface area contributed by atoms with Crippen LogP contribution in [-0.4, -0.2) is 13.1 Å². The van der Waals surface area contributed by atoms with Gasteiger partial charge < -0.3 is 5.32 Å². The number of nitrogens with one attached hydrogen (secondary N) is 1. The van der Waals surface area contributed by atoms with Gasteiger partial charge in [0.25, 0.3) is 0 Å². The molecule has 0 aliphatic heterocycles. The van der Waals surface area contributed by atoms with E-state index < -0.39 is 0 Å². The van der Waals surface area contributed by atoms with Crippen molar-refractivity contribution in [3.63, 3.8) is 0 Å². The molecule has 2 atom stereocenters. The van der Waals surface area contributed by atoms with Gasteiger partial charge in [-0.2, -0.15) is 0 Å². The van der Waals surface area contributed by atoms with Crippen LogP contribution >= 0.6 is 0 Å². The van der Waals surface area contributed by atoms with Crippen molar-refractivity contribution in [3.8, 4) is 0 Å². The Bertz CT molecular complexity index is 321. The minimum absolute atomic E-state index is 0.0318. The lowest BCUT2D eigenvalue weighted by molar-refractivity contribution is 0.453. The molecule has 1 aromatic rings. The lowest BCUT2D eigenvalue weighted by atomic mass is 9.91. The zero-order valence-electron chi connectivity index (χ0n) is 9.35. The van der Waals surface area contributed by atoms with E-state index in [0.29, 0.717) is 5.56 Å². The fraction of sp³-hybridized carbons (Fsp3) is 0.500. The Morgan fingerprint density at radius 2 is 2.00 bits per heavy atom. The lowest BCUT2D eigenvalue weighted by Crippen LogP contribution is -2.30. The Kier molecular flexibility index (Phi) is 4.21. The summed E-state index contributed by atoms with van der Waals surface area (Å²) in [5, 5.41) is 3.11. The average molecular weight is 213 g/mol. The summed E-state index contributed by atoms with van der Waals surface area (Å²) in [6.45, 7) is 3.93. The third-order valence-corrected chi connectivity index (χ3v) is 2.86. The molecule has 0 saturated heterocycles. The first-order valence-electron chi connectivity index (χ1n) is 5.22. The van der Waals surface area contributed by atoms with Gasteiger partial charge in [0.05, 0.1) is 0 Å². The van der Waals surface area contributed by atoms with Crippen LogP contribution in [0.5, 0.6) is 0 Å². The number of rotatable bonds is 4. The molecule has 3 heteroatoms. The van der Waals surface area contributed by atoms with Crippen LogP contribution in [0.15, 0.2) is 18.2 Å². The summed E-state index contributed by atoms with van der Waals surface area (Å²) in [7, 11) is 1.84. The Hall–Kier alpha value is -0.960. The molecule has 2 unspecified atom stereocenters. The first-order valence-corrected chi connectivity index (χ1v) is 5.22. The number of hydrogen-bond acceptors (Lipinski definition) is 1. The first-order chi connectivity index (χ1) is 7.10. The standard InChI is InChI=1S/C12H17F2N/c1-4-12(15-3)8(2)10-7-9(13)5-6-11(10)14/h5-8,12,15H,4H2,1-3H3. The minimum Gasteiger partial charge on any atom is -0.316 e. The quantitative estimate of drug-likeness (QED) is 0.810. The molecule has 1 rings (SSSR count). The van der Waals surface area contributed by atoms with Crippen LogP contribution in [0, 0.1) is 11.6 Å². The molecule has 84 valence electrons. The zero-order valence-corrected chi connectivity index (χ0v) is 9.35. The maximum atomic E-state index is 13.5. The number of halogens is 2. The molecule has 0 heterocycles. The van der Waals surface area contributed by atoms with Gasteiger partial charge in [0.1, 0.15) is 11.6 Å². The third-order valence-electron chi connectivity index (χ3n) is 2.86. The predicted molar refractivity (Wildman–Crippen MR) is 57.9 cm³/mol. The zero-order chi connectivity index (χ0) is 11.4. The number of benzene rings is 1. The molecular weight excluding hydrogens is 196 g/mol. The maximum Gasteiger partial charge on any atom is 0.126 e. The second-order valence-electron chi connectivity index (χ2n) is 3.76.